The van der Waals surface area contributed by atoms with Gasteiger partial charge in [0, 0.05) is 18.2 Å². The average molecular weight is 311 g/mol. The van der Waals surface area contributed by atoms with Gasteiger partial charge in [-0.2, -0.15) is 0 Å². The Hall–Kier alpha value is -1.26. The molecule has 0 saturated carbocycles. The number of nitrogens with zero attached hydrogens (tertiary/aromatic N) is 1. The second kappa shape index (κ2) is 6.78. The lowest BCUT2D eigenvalue weighted by molar-refractivity contribution is -0.387. The zero-order valence-corrected chi connectivity index (χ0v) is 11.4. The number of hydrogen-bond donors (Lipinski definition) is 1. The van der Waals surface area contributed by atoms with Crippen LogP contribution in [0.25, 0.3) is 0 Å². The minimum absolute atomic E-state index is 0.0306. The molecule has 0 bridgehead atoms. The Bertz CT molecular complexity index is 562. The molecule has 0 unspecified atom stereocenters. The molecule has 0 aromatic heterocycles. The summed E-state index contributed by atoms with van der Waals surface area (Å²) in [6, 6.07) is 3.21. The molecule has 1 aromatic carbocycles. The summed E-state index contributed by atoms with van der Waals surface area (Å²) in [4.78, 5) is 15.8. The molecule has 0 aliphatic carbocycles. The molecule has 0 fully saturated rings. The number of sulfonamides is 1. The van der Waals surface area contributed by atoms with Gasteiger partial charge in [-0.1, -0.05) is 16.5 Å². The smallest absolute Gasteiger partial charge is 0.290 e. The van der Waals surface area contributed by atoms with E-state index in [0.717, 1.165) is 12.1 Å². The van der Waals surface area contributed by atoms with Crippen molar-refractivity contribution in [2.45, 2.75) is 4.90 Å². The van der Waals surface area contributed by atoms with Gasteiger partial charge in [-0.15, -0.1) is 0 Å². The van der Waals surface area contributed by atoms with Crippen LogP contribution >= 0.6 is 11.6 Å². The van der Waals surface area contributed by atoms with Crippen molar-refractivity contribution in [2.75, 3.05) is 20.3 Å². The lowest BCUT2D eigenvalue weighted by Crippen LogP contribution is -2.26. The highest BCUT2D eigenvalue weighted by Crippen LogP contribution is 2.26. The summed E-state index contributed by atoms with van der Waals surface area (Å²) in [6.07, 6.45) is 0. The van der Waals surface area contributed by atoms with Crippen molar-refractivity contribution in [2.24, 2.45) is 0 Å². The van der Waals surface area contributed by atoms with Crippen LogP contribution in [0.2, 0.25) is 5.02 Å². The van der Waals surface area contributed by atoms with E-state index >= 15 is 0 Å². The van der Waals surface area contributed by atoms with Crippen LogP contribution in [0.4, 0.5) is 5.69 Å². The van der Waals surface area contributed by atoms with Gasteiger partial charge in [-0.3, -0.25) is 15.0 Å². The minimum atomic E-state index is -4.16. The fourth-order valence-electron chi connectivity index (χ4n) is 1.15. The monoisotopic (exact) mass is 310 g/mol. The van der Waals surface area contributed by atoms with Crippen LogP contribution in [0.5, 0.6) is 0 Å². The van der Waals surface area contributed by atoms with E-state index in [1.54, 1.807) is 4.89 Å². The van der Waals surface area contributed by atoms with Crippen molar-refractivity contribution in [1.82, 2.24) is 4.89 Å². The molecule has 10 heteroatoms. The molecule has 1 rings (SSSR count). The van der Waals surface area contributed by atoms with Gasteiger partial charge in [0.25, 0.3) is 15.7 Å². The molecule has 0 spiro atoms. The molecule has 0 aliphatic rings. The van der Waals surface area contributed by atoms with Crippen LogP contribution in [-0.4, -0.2) is 33.7 Å². The summed E-state index contributed by atoms with van der Waals surface area (Å²) in [7, 11) is -2.74. The summed E-state index contributed by atoms with van der Waals surface area (Å²) in [5.74, 6) is 0. The summed E-state index contributed by atoms with van der Waals surface area (Å²) < 4.78 is 28.3. The summed E-state index contributed by atoms with van der Waals surface area (Å²) in [6.45, 7) is 0.141. The van der Waals surface area contributed by atoms with Gasteiger partial charge in [0.05, 0.1) is 18.1 Å². The van der Waals surface area contributed by atoms with Crippen molar-refractivity contribution in [1.29, 1.82) is 0 Å². The Labute approximate surface area is 114 Å². The predicted octanol–water partition coefficient (Wildman–Crippen LogP) is 1.10. The van der Waals surface area contributed by atoms with Gasteiger partial charge in [-0.25, -0.2) is 8.42 Å². The highest BCUT2D eigenvalue weighted by atomic mass is 35.5. The number of methoxy groups -OCH3 is 1. The lowest BCUT2D eigenvalue weighted by Gasteiger charge is -2.07. The standard InChI is InChI=1S/C9H11ClN2O6S/c1-17-4-5-18-11-19(15,16)9-3-2-7(10)6-8(9)12(13)14/h2-3,6,11H,4-5H2,1H3. The highest BCUT2D eigenvalue weighted by Gasteiger charge is 2.26. The van der Waals surface area contributed by atoms with Gasteiger partial charge in [0.2, 0.25) is 0 Å². The van der Waals surface area contributed by atoms with Crippen molar-refractivity contribution in [3.63, 3.8) is 0 Å². The SMILES string of the molecule is COCCONS(=O)(=O)c1ccc(Cl)cc1[N+](=O)[O-]. The van der Waals surface area contributed by atoms with Gasteiger partial charge >= 0.3 is 0 Å². The second-order valence-electron chi connectivity index (χ2n) is 3.30. The molecule has 8 nitrogen and oxygen atoms in total. The number of rotatable bonds is 7. The molecule has 1 N–H and O–H groups in total. The van der Waals surface area contributed by atoms with E-state index in [1.807, 2.05) is 0 Å². The molecule has 1 aromatic rings. The van der Waals surface area contributed by atoms with Crippen LogP contribution in [0.1, 0.15) is 0 Å². The van der Waals surface area contributed by atoms with E-state index in [0.29, 0.717) is 0 Å². The minimum Gasteiger partial charge on any atom is -0.382 e. The Morgan fingerprint density at radius 3 is 2.68 bits per heavy atom. The number of ether oxygens (including phenoxy) is 1. The van der Waals surface area contributed by atoms with E-state index in [-0.39, 0.29) is 18.2 Å². The van der Waals surface area contributed by atoms with Gasteiger partial charge in [0.15, 0.2) is 4.90 Å². The third kappa shape index (κ3) is 4.40. The van der Waals surface area contributed by atoms with Crippen LogP contribution < -0.4 is 4.89 Å². The zero-order valence-electron chi connectivity index (χ0n) is 9.83. The van der Waals surface area contributed by atoms with E-state index in [9.17, 15) is 18.5 Å². The van der Waals surface area contributed by atoms with Gasteiger partial charge < -0.3 is 4.74 Å². The predicted molar refractivity (Wildman–Crippen MR) is 66.3 cm³/mol. The first-order valence-corrected chi connectivity index (χ1v) is 6.81. The first kappa shape index (κ1) is 15.8. The molecule has 106 valence electrons. The van der Waals surface area contributed by atoms with E-state index in [1.165, 1.54) is 13.2 Å². The largest absolute Gasteiger partial charge is 0.382 e. The van der Waals surface area contributed by atoms with Crippen LogP contribution in [-0.2, 0) is 19.6 Å². The average Bonchev–Trinajstić information content (AvgIpc) is 2.34. The lowest BCUT2D eigenvalue weighted by atomic mass is 10.3. The van der Waals surface area contributed by atoms with Gasteiger partial charge in [-0.05, 0) is 12.1 Å². The first-order chi connectivity index (χ1) is 8.88. The summed E-state index contributed by atoms with van der Waals surface area (Å²) >= 11 is 5.59. The molecule has 0 atom stereocenters. The van der Waals surface area contributed by atoms with Crippen LogP contribution in [0.3, 0.4) is 0 Å². The maximum atomic E-state index is 11.8. The Kier molecular flexibility index (Phi) is 5.63. The number of nitrogens with one attached hydrogen (secondary N) is 1. The number of hydrogen-bond acceptors (Lipinski definition) is 6. The third-order valence-corrected chi connectivity index (χ3v) is 3.46. The number of halogens is 1. The van der Waals surface area contributed by atoms with E-state index in [4.69, 9.17) is 11.6 Å². The maximum Gasteiger partial charge on any atom is 0.290 e. The Morgan fingerprint density at radius 2 is 2.11 bits per heavy atom. The zero-order chi connectivity index (χ0) is 14.5. The fraction of sp³-hybridized carbons (Fsp3) is 0.333. The first-order valence-electron chi connectivity index (χ1n) is 4.95. The molecular formula is C9H11ClN2O6S. The fourth-order valence-corrected chi connectivity index (χ4v) is 2.30. The summed E-state index contributed by atoms with van der Waals surface area (Å²) in [5, 5.41) is 10.9. The maximum absolute atomic E-state index is 11.8. The molecule has 19 heavy (non-hydrogen) atoms. The van der Waals surface area contributed by atoms with E-state index in [2.05, 4.69) is 9.57 Å². The van der Waals surface area contributed by atoms with E-state index < -0.39 is 25.5 Å². The normalized spacial score (nSPS) is 11.5. The van der Waals surface area contributed by atoms with Crippen molar-refractivity contribution >= 4 is 27.3 Å². The molecular weight excluding hydrogens is 300 g/mol. The molecule has 0 aliphatic heterocycles. The molecule has 0 radical (unpaired) electrons. The van der Waals surface area contributed by atoms with Gasteiger partial charge in [0.1, 0.15) is 0 Å². The highest BCUT2D eigenvalue weighted by molar-refractivity contribution is 7.89. The molecule has 0 saturated heterocycles. The van der Waals surface area contributed by atoms with Crippen molar-refractivity contribution < 1.29 is 22.9 Å². The van der Waals surface area contributed by atoms with Crippen molar-refractivity contribution in [3.05, 3.63) is 33.3 Å². The van der Waals surface area contributed by atoms with Crippen molar-refractivity contribution in [3.8, 4) is 0 Å². The Morgan fingerprint density at radius 1 is 1.42 bits per heavy atom. The molecule has 0 amide bonds. The topological polar surface area (TPSA) is 108 Å². The Balaban J connectivity index is 2.98. The molecule has 0 heterocycles. The number of benzene rings is 1. The quantitative estimate of drug-likeness (QED) is 0.459. The number of nitro groups is 1. The van der Waals surface area contributed by atoms with Crippen LogP contribution in [0, 0.1) is 10.1 Å². The number of nitro benzene ring substituents is 1. The summed E-state index contributed by atoms with van der Waals surface area (Å²) in [5.41, 5.74) is -0.629. The second-order valence-corrected chi connectivity index (χ2v) is 5.35. The van der Waals surface area contributed by atoms with Crippen LogP contribution in [0.15, 0.2) is 23.1 Å². The third-order valence-electron chi connectivity index (χ3n) is 1.97.